The summed E-state index contributed by atoms with van der Waals surface area (Å²) in [5, 5.41) is 10.1. The number of benzene rings is 2. The average molecular weight is 247 g/mol. The van der Waals surface area contributed by atoms with Gasteiger partial charge in [0.25, 0.3) is 10.1 Å². The summed E-state index contributed by atoms with van der Waals surface area (Å²) >= 11 is 0. The third-order valence-electron chi connectivity index (χ3n) is 2.02. The van der Waals surface area contributed by atoms with Crippen LogP contribution in [0.15, 0.2) is 35.2 Å². The third-order valence-corrected chi connectivity index (χ3v) is 2.87. The Labute approximate surface area is 115 Å². The monoisotopic (exact) mass is 247 g/mol. The van der Waals surface area contributed by atoms with E-state index in [9.17, 15) is 13.5 Å². The molecule has 2 rings (SSSR count). The van der Waals surface area contributed by atoms with Gasteiger partial charge in [-0.1, -0.05) is 18.2 Å². The van der Waals surface area contributed by atoms with E-state index >= 15 is 0 Å². The van der Waals surface area contributed by atoms with Gasteiger partial charge in [0, 0.05) is 11.5 Å². The minimum atomic E-state index is -4.31. The fourth-order valence-corrected chi connectivity index (χ4v) is 2.06. The van der Waals surface area contributed by atoms with E-state index in [0.29, 0.717) is 5.39 Å². The van der Waals surface area contributed by atoms with Gasteiger partial charge in [-0.15, -0.1) is 0 Å². The summed E-state index contributed by atoms with van der Waals surface area (Å²) in [5.41, 5.74) is 0. The molecular weight excluding hydrogens is 239 g/mol. The van der Waals surface area contributed by atoms with Crippen LogP contribution in [0.1, 0.15) is 0 Å². The maximum atomic E-state index is 11.0. The molecule has 0 aliphatic rings. The minimum absolute atomic E-state index is 0. The van der Waals surface area contributed by atoms with E-state index in [2.05, 4.69) is 6.07 Å². The summed E-state index contributed by atoms with van der Waals surface area (Å²) in [6.07, 6.45) is 0. The molecule has 0 aliphatic carbocycles. The van der Waals surface area contributed by atoms with Gasteiger partial charge < -0.3 is 5.11 Å². The van der Waals surface area contributed by atoms with Gasteiger partial charge in [0.2, 0.25) is 0 Å². The van der Waals surface area contributed by atoms with Crippen LogP contribution in [0.5, 0.6) is 5.75 Å². The first-order valence-corrected chi connectivity index (χ1v) is 5.53. The van der Waals surface area contributed by atoms with Crippen molar-refractivity contribution in [1.82, 2.24) is 0 Å². The van der Waals surface area contributed by atoms with Crippen molar-refractivity contribution in [1.29, 1.82) is 0 Å². The molecule has 0 spiro atoms. The van der Waals surface area contributed by atoms with Crippen molar-refractivity contribution in [2.24, 2.45) is 0 Å². The first-order chi connectivity index (χ1) is 6.98. The molecule has 0 saturated carbocycles. The molecule has 16 heavy (non-hydrogen) atoms. The number of phenolic OH excluding ortho intramolecular Hbond substituents is 1. The summed E-state index contributed by atoms with van der Waals surface area (Å²) in [7, 11) is -4.31. The molecule has 0 bridgehead atoms. The second kappa shape index (κ2) is 4.73. The van der Waals surface area contributed by atoms with Gasteiger partial charge in [-0.2, -0.15) is 8.42 Å². The molecule has 0 saturated heterocycles. The number of hydrogen-bond donors (Lipinski definition) is 2. The number of rotatable bonds is 1. The molecule has 2 aromatic carbocycles. The molecule has 0 fully saturated rings. The van der Waals surface area contributed by atoms with E-state index in [4.69, 9.17) is 4.55 Å². The van der Waals surface area contributed by atoms with E-state index < -0.39 is 10.1 Å². The topological polar surface area (TPSA) is 74.6 Å². The molecule has 0 heterocycles. The zero-order valence-electron chi connectivity index (χ0n) is 7.51. The Morgan fingerprint density at radius 3 is 2.50 bits per heavy atom. The predicted octanol–water partition coefficient (Wildman–Crippen LogP) is 0.944. The van der Waals surface area contributed by atoms with Crippen molar-refractivity contribution >= 4 is 50.4 Å². The zero-order chi connectivity index (χ0) is 11.1. The van der Waals surface area contributed by atoms with Crippen molar-refractivity contribution in [3.8, 4) is 5.75 Å². The van der Waals surface area contributed by atoms with E-state index in [1.54, 1.807) is 12.1 Å². The zero-order valence-corrected chi connectivity index (χ0v) is 8.32. The Morgan fingerprint density at radius 2 is 1.88 bits per heavy atom. The number of hydrogen-bond acceptors (Lipinski definition) is 3. The number of phenols is 1. The molecule has 0 aliphatic heterocycles. The maximum absolute atomic E-state index is 11.0. The molecule has 0 amide bonds. The summed E-state index contributed by atoms with van der Waals surface area (Å²) < 4.78 is 30.9. The van der Waals surface area contributed by atoms with Gasteiger partial charge in [-0.05, 0) is 17.5 Å². The van der Waals surface area contributed by atoms with Gasteiger partial charge in [0.15, 0.2) is 0 Å². The van der Waals surface area contributed by atoms with Crippen molar-refractivity contribution in [3.63, 3.8) is 0 Å². The van der Waals surface area contributed by atoms with Gasteiger partial charge in [0.1, 0.15) is 10.6 Å². The van der Waals surface area contributed by atoms with Crippen LogP contribution in [-0.2, 0) is 10.1 Å². The molecule has 0 aromatic heterocycles. The Hall–Kier alpha value is -0.590. The normalized spacial score (nSPS) is 11.1. The molecule has 2 N–H and O–H groups in total. The standard InChI is InChI=1S/C10H7O4S.Na.H/c11-8-5-4-7-2-1-3-10(9(7)6-8)15(12,13)14;;/h1-2,4-6,11H,(H,12,13,14);;. The van der Waals surface area contributed by atoms with Crippen molar-refractivity contribution in [3.05, 3.63) is 36.4 Å². The predicted molar refractivity (Wildman–Crippen MR) is 61.4 cm³/mol. The number of fused-ring (bicyclic) bond motifs is 1. The molecule has 2 aromatic rings. The Bertz CT molecular complexity index is 622. The second-order valence-electron chi connectivity index (χ2n) is 3.05. The fraction of sp³-hybridized carbons (Fsp3) is 0. The van der Waals surface area contributed by atoms with Crippen molar-refractivity contribution in [2.75, 3.05) is 0 Å². The van der Waals surface area contributed by atoms with Gasteiger partial charge in [0.05, 0.1) is 0 Å². The Balaban J connectivity index is 0.00000128. The van der Waals surface area contributed by atoms with E-state index in [1.165, 1.54) is 18.2 Å². The average Bonchev–Trinajstić information content (AvgIpc) is 2.15. The fourth-order valence-electron chi connectivity index (χ4n) is 1.38. The van der Waals surface area contributed by atoms with E-state index in [-0.39, 0.29) is 45.6 Å². The first-order valence-electron chi connectivity index (χ1n) is 4.09. The van der Waals surface area contributed by atoms with Crippen LogP contribution in [0.25, 0.3) is 10.8 Å². The SMILES string of the molecule is O=S(=O)(O)c1[c]ccc2ccc(O)cc12.[NaH]. The molecule has 6 heteroatoms. The van der Waals surface area contributed by atoms with E-state index in [1.807, 2.05) is 0 Å². The quantitative estimate of drug-likeness (QED) is 0.581. The summed E-state index contributed by atoms with van der Waals surface area (Å²) in [6.45, 7) is 0. The van der Waals surface area contributed by atoms with Crippen molar-refractivity contribution in [2.45, 2.75) is 4.90 Å². The second-order valence-corrected chi connectivity index (χ2v) is 4.41. The van der Waals surface area contributed by atoms with Crippen LogP contribution < -0.4 is 0 Å². The van der Waals surface area contributed by atoms with Crippen molar-refractivity contribution < 1.29 is 18.1 Å². The van der Waals surface area contributed by atoms with Gasteiger partial charge in [-0.25, -0.2) is 0 Å². The molecular formula is C10H8NaO4S. The molecule has 1 radical (unpaired) electrons. The molecule has 0 atom stereocenters. The van der Waals surface area contributed by atoms with Crippen LogP contribution in [0.3, 0.4) is 0 Å². The summed E-state index contributed by atoms with van der Waals surface area (Å²) in [6, 6.07) is 9.75. The van der Waals surface area contributed by atoms with Crippen LogP contribution in [0.4, 0.5) is 0 Å². The number of aromatic hydroxyl groups is 1. The Kier molecular flexibility index (Phi) is 3.98. The van der Waals surface area contributed by atoms with Crippen LogP contribution in [0.2, 0.25) is 0 Å². The molecule has 79 valence electrons. The summed E-state index contributed by atoms with van der Waals surface area (Å²) in [4.78, 5) is -0.323. The van der Waals surface area contributed by atoms with Crippen LogP contribution >= 0.6 is 0 Å². The van der Waals surface area contributed by atoms with Crippen LogP contribution in [0, 0.1) is 6.07 Å². The first kappa shape index (κ1) is 13.5. The van der Waals surface area contributed by atoms with Crippen LogP contribution in [-0.4, -0.2) is 47.6 Å². The molecule has 4 nitrogen and oxygen atoms in total. The van der Waals surface area contributed by atoms with Gasteiger partial charge in [-0.3, -0.25) is 4.55 Å². The molecule has 0 unspecified atom stereocenters. The van der Waals surface area contributed by atoms with E-state index in [0.717, 1.165) is 0 Å². The van der Waals surface area contributed by atoms with Gasteiger partial charge >= 0.3 is 29.6 Å². The summed E-state index contributed by atoms with van der Waals surface area (Å²) in [5.74, 6) is -0.0630. The third kappa shape index (κ3) is 2.56. The Morgan fingerprint density at radius 1 is 1.19 bits per heavy atom.